The Kier molecular flexibility index (Phi) is 4.59. The van der Waals surface area contributed by atoms with Crippen molar-refractivity contribution in [1.82, 2.24) is 5.32 Å². The molecule has 0 fully saturated rings. The van der Waals surface area contributed by atoms with Gasteiger partial charge in [0.1, 0.15) is 0 Å². The second kappa shape index (κ2) is 4.78. The van der Waals surface area contributed by atoms with Crippen LogP contribution in [-0.4, -0.2) is 18.0 Å². The van der Waals surface area contributed by atoms with E-state index in [0.717, 1.165) is 12.8 Å². The number of hydrogen-bond donors (Lipinski definition) is 2. The maximum atomic E-state index is 11.9. The second-order valence-corrected chi connectivity index (χ2v) is 4.81. The summed E-state index contributed by atoms with van der Waals surface area (Å²) in [4.78, 5) is 11.9. The minimum Gasteiger partial charge on any atom is -0.349 e. The number of carbonyl (C=O) groups excluding carboxylic acids is 1. The molecule has 0 rings (SSSR count). The van der Waals surface area contributed by atoms with Crippen molar-refractivity contribution in [3.8, 4) is 0 Å². The van der Waals surface area contributed by atoms with Gasteiger partial charge in [-0.3, -0.25) is 4.79 Å². The van der Waals surface area contributed by atoms with Crippen molar-refractivity contribution in [1.29, 1.82) is 0 Å². The molecule has 3 heteroatoms. The first-order chi connectivity index (χ1) is 6.31. The first-order valence-corrected chi connectivity index (χ1v) is 5.34. The van der Waals surface area contributed by atoms with Gasteiger partial charge in [-0.05, 0) is 19.8 Å². The summed E-state index contributed by atoms with van der Waals surface area (Å²) in [7, 11) is 0. The lowest BCUT2D eigenvalue weighted by atomic mass is 9.87. The van der Waals surface area contributed by atoms with Gasteiger partial charge >= 0.3 is 0 Å². The van der Waals surface area contributed by atoms with Gasteiger partial charge in [0, 0.05) is 17.5 Å². The van der Waals surface area contributed by atoms with Crippen molar-refractivity contribution in [2.45, 2.75) is 53.0 Å². The molecule has 0 aromatic heterocycles. The Balaban J connectivity index is 4.45. The van der Waals surface area contributed by atoms with E-state index in [9.17, 15) is 4.79 Å². The molecule has 0 aliphatic heterocycles. The van der Waals surface area contributed by atoms with E-state index in [0.29, 0.717) is 6.54 Å². The zero-order valence-corrected chi connectivity index (χ0v) is 10.1. The van der Waals surface area contributed by atoms with Crippen molar-refractivity contribution in [2.75, 3.05) is 6.54 Å². The number of nitrogens with two attached hydrogens (primary N) is 1. The third-order valence-corrected chi connectivity index (χ3v) is 3.14. The van der Waals surface area contributed by atoms with E-state index in [1.165, 1.54) is 0 Å². The Morgan fingerprint density at radius 3 is 2.00 bits per heavy atom. The first-order valence-electron chi connectivity index (χ1n) is 5.34. The maximum absolute atomic E-state index is 11.9. The van der Waals surface area contributed by atoms with Crippen LogP contribution in [0, 0.1) is 5.41 Å². The van der Waals surface area contributed by atoms with Crippen LogP contribution < -0.4 is 11.1 Å². The highest BCUT2D eigenvalue weighted by Crippen LogP contribution is 2.21. The lowest BCUT2D eigenvalue weighted by Gasteiger charge is -2.32. The molecular formula is C11H24N2O. The van der Waals surface area contributed by atoms with Gasteiger partial charge in [-0.2, -0.15) is 0 Å². The van der Waals surface area contributed by atoms with Crippen molar-refractivity contribution in [3.63, 3.8) is 0 Å². The second-order valence-electron chi connectivity index (χ2n) is 4.81. The van der Waals surface area contributed by atoms with Gasteiger partial charge in [0.15, 0.2) is 0 Å². The molecule has 0 saturated carbocycles. The monoisotopic (exact) mass is 200 g/mol. The average Bonchev–Trinajstić information content (AvgIpc) is 2.17. The zero-order valence-electron chi connectivity index (χ0n) is 10.1. The van der Waals surface area contributed by atoms with Crippen molar-refractivity contribution >= 4 is 5.91 Å². The quantitative estimate of drug-likeness (QED) is 0.709. The molecule has 1 amide bonds. The molecule has 0 radical (unpaired) electrons. The van der Waals surface area contributed by atoms with Crippen LogP contribution in [0.4, 0.5) is 0 Å². The van der Waals surface area contributed by atoms with Gasteiger partial charge in [0.05, 0.1) is 0 Å². The molecule has 84 valence electrons. The van der Waals surface area contributed by atoms with Crippen molar-refractivity contribution < 1.29 is 4.79 Å². The van der Waals surface area contributed by atoms with Crippen LogP contribution in [0.5, 0.6) is 0 Å². The van der Waals surface area contributed by atoms with Gasteiger partial charge in [-0.15, -0.1) is 0 Å². The van der Waals surface area contributed by atoms with Crippen LogP contribution in [0.15, 0.2) is 0 Å². The molecule has 3 nitrogen and oxygen atoms in total. The summed E-state index contributed by atoms with van der Waals surface area (Å²) in [5.41, 5.74) is 5.08. The molecule has 0 bridgehead atoms. The van der Waals surface area contributed by atoms with Crippen LogP contribution in [0.1, 0.15) is 47.5 Å². The highest BCUT2D eigenvalue weighted by atomic mass is 16.2. The minimum absolute atomic E-state index is 0.0924. The molecule has 0 saturated heterocycles. The van der Waals surface area contributed by atoms with Crippen LogP contribution in [0.2, 0.25) is 0 Å². The van der Waals surface area contributed by atoms with E-state index in [4.69, 9.17) is 5.73 Å². The summed E-state index contributed by atoms with van der Waals surface area (Å²) in [6.07, 6.45) is 1.69. The molecular weight excluding hydrogens is 176 g/mol. The number of nitrogens with one attached hydrogen (secondary N) is 1. The SMILES string of the molecule is CCC(C)(CN)NC(=O)C(C)(C)CC. The summed E-state index contributed by atoms with van der Waals surface area (Å²) >= 11 is 0. The molecule has 3 N–H and O–H groups in total. The van der Waals surface area contributed by atoms with E-state index in [1.807, 2.05) is 34.6 Å². The van der Waals surface area contributed by atoms with Crippen LogP contribution in [0.25, 0.3) is 0 Å². The van der Waals surface area contributed by atoms with Gasteiger partial charge in [0.25, 0.3) is 0 Å². The molecule has 0 aromatic carbocycles. The highest BCUT2D eigenvalue weighted by molar-refractivity contribution is 5.82. The number of hydrogen-bond acceptors (Lipinski definition) is 2. The molecule has 0 spiro atoms. The normalized spacial score (nSPS) is 16.1. The molecule has 0 heterocycles. The van der Waals surface area contributed by atoms with Crippen LogP contribution in [0.3, 0.4) is 0 Å². The van der Waals surface area contributed by atoms with E-state index in [1.54, 1.807) is 0 Å². The van der Waals surface area contributed by atoms with E-state index < -0.39 is 0 Å². The molecule has 0 aromatic rings. The molecule has 1 unspecified atom stereocenters. The van der Waals surface area contributed by atoms with Crippen LogP contribution in [-0.2, 0) is 4.79 Å². The largest absolute Gasteiger partial charge is 0.349 e. The Hall–Kier alpha value is -0.570. The summed E-state index contributed by atoms with van der Waals surface area (Å²) in [5.74, 6) is 0.0924. The first kappa shape index (κ1) is 13.4. The predicted molar refractivity (Wildman–Crippen MR) is 60.0 cm³/mol. The van der Waals surface area contributed by atoms with Gasteiger partial charge in [-0.1, -0.05) is 27.7 Å². The minimum atomic E-state index is -0.300. The Labute approximate surface area is 87.4 Å². The molecule has 14 heavy (non-hydrogen) atoms. The summed E-state index contributed by atoms with van der Waals surface area (Å²) in [6.45, 7) is 10.4. The summed E-state index contributed by atoms with van der Waals surface area (Å²) < 4.78 is 0. The maximum Gasteiger partial charge on any atom is 0.226 e. The molecule has 0 aliphatic carbocycles. The topological polar surface area (TPSA) is 55.1 Å². The lowest BCUT2D eigenvalue weighted by Crippen LogP contribution is -2.54. The average molecular weight is 200 g/mol. The number of carbonyl (C=O) groups is 1. The Morgan fingerprint density at radius 2 is 1.71 bits per heavy atom. The van der Waals surface area contributed by atoms with Gasteiger partial charge in [0.2, 0.25) is 5.91 Å². The third kappa shape index (κ3) is 3.29. The van der Waals surface area contributed by atoms with Crippen LogP contribution >= 0.6 is 0 Å². The van der Waals surface area contributed by atoms with E-state index >= 15 is 0 Å². The van der Waals surface area contributed by atoms with E-state index in [2.05, 4.69) is 5.32 Å². The third-order valence-electron chi connectivity index (χ3n) is 3.14. The highest BCUT2D eigenvalue weighted by Gasteiger charge is 2.31. The summed E-state index contributed by atoms with van der Waals surface area (Å²) in [6, 6.07) is 0. The number of amides is 1. The summed E-state index contributed by atoms with van der Waals surface area (Å²) in [5, 5.41) is 3.02. The van der Waals surface area contributed by atoms with Crippen molar-refractivity contribution in [3.05, 3.63) is 0 Å². The Morgan fingerprint density at radius 1 is 1.21 bits per heavy atom. The Bertz CT molecular complexity index is 195. The van der Waals surface area contributed by atoms with E-state index in [-0.39, 0.29) is 16.9 Å². The smallest absolute Gasteiger partial charge is 0.226 e. The standard InChI is InChI=1S/C11H24N2O/c1-6-10(3,4)9(14)13-11(5,7-2)8-12/h6-8,12H2,1-5H3,(H,13,14). The molecule has 0 aliphatic rings. The fourth-order valence-electron chi connectivity index (χ4n) is 0.888. The zero-order chi connectivity index (χ0) is 11.4. The molecule has 1 atom stereocenters. The number of rotatable bonds is 5. The fraction of sp³-hybridized carbons (Fsp3) is 0.909. The fourth-order valence-corrected chi connectivity index (χ4v) is 0.888. The van der Waals surface area contributed by atoms with Gasteiger partial charge in [-0.25, -0.2) is 0 Å². The lowest BCUT2D eigenvalue weighted by molar-refractivity contribution is -0.131. The van der Waals surface area contributed by atoms with Gasteiger partial charge < -0.3 is 11.1 Å². The van der Waals surface area contributed by atoms with Crippen molar-refractivity contribution in [2.24, 2.45) is 11.1 Å². The predicted octanol–water partition coefficient (Wildman–Crippen LogP) is 1.67.